The van der Waals surface area contributed by atoms with Crippen molar-refractivity contribution in [1.82, 2.24) is 25.2 Å². The number of benzene rings is 1. The second-order valence-electron chi connectivity index (χ2n) is 7.53. The summed E-state index contributed by atoms with van der Waals surface area (Å²) in [6.45, 7) is 8.69. The molecule has 1 unspecified atom stereocenters. The molecule has 1 saturated carbocycles. The molecule has 1 aromatic carbocycles. The fourth-order valence-electron chi connectivity index (χ4n) is 2.71. The molecule has 1 fully saturated rings. The number of hydrogen-bond acceptors (Lipinski definition) is 6. The van der Waals surface area contributed by atoms with E-state index < -0.39 is 0 Å². The predicted molar refractivity (Wildman–Crippen MR) is 96.4 cm³/mol. The Labute approximate surface area is 145 Å². The third-order valence-electron chi connectivity index (χ3n) is 4.21. The van der Waals surface area contributed by atoms with E-state index in [9.17, 15) is 0 Å². The normalized spacial score (nSPS) is 16.5. The van der Waals surface area contributed by atoms with Gasteiger partial charge in [0.05, 0.1) is 27.3 Å². The van der Waals surface area contributed by atoms with E-state index in [1.54, 1.807) is 11.3 Å². The SMILES string of the molecule is CC(Nc1ccc2nc(C(C)(C)C)sc2c1)c1nnnn1C1CC1. The Morgan fingerprint density at radius 1 is 1.29 bits per heavy atom. The maximum Gasteiger partial charge on any atom is 0.173 e. The summed E-state index contributed by atoms with van der Waals surface area (Å²) >= 11 is 1.76. The topological polar surface area (TPSA) is 68.5 Å². The highest BCUT2D eigenvalue weighted by atomic mass is 32.1. The van der Waals surface area contributed by atoms with Gasteiger partial charge in [-0.15, -0.1) is 16.4 Å². The van der Waals surface area contributed by atoms with Crippen LogP contribution in [0.15, 0.2) is 18.2 Å². The quantitative estimate of drug-likeness (QED) is 0.773. The van der Waals surface area contributed by atoms with Gasteiger partial charge in [-0.25, -0.2) is 9.67 Å². The van der Waals surface area contributed by atoms with Gasteiger partial charge in [0.2, 0.25) is 0 Å². The summed E-state index contributed by atoms with van der Waals surface area (Å²) in [6, 6.07) is 6.88. The molecule has 3 aromatic rings. The first-order valence-corrected chi connectivity index (χ1v) is 9.19. The molecule has 6 nitrogen and oxygen atoms in total. The predicted octanol–water partition coefficient (Wildman–Crippen LogP) is 4.09. The zero-order valence-electron chi connectivity index (χ0n) is 14.4. The summed E-state index contributed by atoms with van der Waals surface area (Å²) in [5, 5.41) is 16.9. The summed E-state index contributed by atoms with van der Waals surface area (Å²) in [7, 11) is 0. The number of rotatable bonds is 4. The summed E-state index contributed by atoms with van der Waals surface area (Å²) in [6.07, 6.45) is 2.35. The number of nitrogens with one attached hydrogen (secondary N) is 1. The zero-order valence-corrected chi connectivity index (χ0v) is 15.3. The lowest BCUT2D eigenvalue weighted by Gasteiger charge is -2.14. The summed E-state index contributed by atoms with van der Waals surface area (Å²) < 4.78 is 3.17. The number of thiazole rings is 1. The average molecular weight is 342 g/mol. The van der Waals surface area contributed by atoms with Crippen molar-refractivity contribution in [3.63, 3.8) is 0 Å². The molecule has 0 saturated heterocycles. The molecule has 4 rings (SSSR count). The van der Waals surface area contributed by atoms with Crippen LogP contribution in [0.4, 0.5) is 5.69 Å². The Hall–Kier alpha value is -2.02. The maximum absolute atomic E-state index is 4.75. The van der Waals surface area contributed by atoms with E-state index in [1.165, 1.54) is 22.5 Å². The minimum absolute atomic E-state index is 0.0630. The molecule has 2 heterocycles. The van der Waals surface area contributed by atoms with Crippen molar-refractivity contribution >= 4 is 27.2 Å². The highest BCUT2D eigenvalue weighted by Gasteiger charge is 2.29. The van der Waals surface area contributed by atoms with Crippen LogP contribution in [-0.4, -0.2) is 25.2 Å². The molecule has 1 aliphatic carbocycles. The van der Waals surface area contributed by atoms with Gasteiger partial charge in [-0.2, -0.15) is 0 Å². The molecule has 2 aromatic heterocycles. The summed E-state index contributed by atoms with van der Waals surface area (Å²) in [5.74, 6) is 0.900. The van der Waals surface area contributed by atoms with Crippen LogP contribution < -0.4 is 5.32 Å². The third-order valence-corrected chi connectivity index (χ3v) is 5.66. The second-order valence-corrected chi connectivity index (χ2v) is 8.56. The molecule has 24 heavy (non-hydrogen) atoms. The smallest absolute Gasteiger partial charge is 0.173 e. The van der Waals surface area contributed by atoms with E-state index in [0.717, 1.165) is 17.0 Å². The molecule has 0 aliphatic heterocycles. The van der Waals surface area contributed by atoms with E-state index in [-0.39, 0.29) is 11.5 Å². The maximum atomic E-state index is 4.75. The summed E-state index contributed by atoms with van der Waals surface area (Å²) in [5.41, 5.74) is 2.21. The van der Waals surface area contributed by atoms with Crippen LogP contribution in [-0.2, 0) is 5.41 Å². The van der Waals surface area contributed by atoms with Crippen LogP contribution in [0.2, 0.25) is 0 Å². The molecule has 0 radical (unpaired) electrons. The Bertz CT molecular complexity index is 871. The molecule has 126 valence electrons. The molecule has 7 heteroatoms. The minimum atomic E-state index is 0.0630. The van der Waals surface area contributed by atoms with Crippen LogP contribution in [0.25, 0.3) is 10.2 Å². The van der Waals surface area contributed by atoms with Gasteiger partial charge >= 0.3 is 0 Å². The van der Waals surface area contributed by atoms with Gasteiger partial charge in [-0.1, -0.05) is 20.8 Å². The lowest BCUT2D eigenvalue weighted by molar-refractivity contribution is 0.567. The van der Waals surface area contributed by atoms with Crippen LogP contribution in [0.3, 0.4) is 0 Å². The number of nitrogens with zero attached hydrogens (tertiary/aromatic N) is 5. The van der Waals surface area contributed by atoms with Crippen molar-refractivity contribution in [2.45, 2.75) is 58.0 Å². The summed E-state index contributed by atoms with van der Waals surface area (Å²) in [4.78, 5) is 4.75. The van der Waals surface area contributed by atoms with Gasteiger partial charge in [0.1, 0.15) is 0 Å². The van der Waals surface area contributed by atoms with Gasteiger partial charge in [0.15, 0.2) is 5.82 Å². The van der Waals surface area contributed by atoms with E-state index in [0.29, 0.717) is 6.04 Å². The van der Waals surface area contributed by atoms with Crippen molar-refractivity contribution in [3.05, 3.63) is 29.0 Å². The van der Waals surface area contributed by atoms with Crippen LogP contribution in [0.1, 0.15) is 63.5 Å². The molecule has 1 N–H and O–H groups in total. The van der Waals surface area contributed by atoms with Crippen LogP contribution >= 0.6 is 11.3 Å². The highest BCUT2D eigenvalue weighted by molar-refractivity contribution is 7.18. The Morgan fingerprint density at radius 2 is 2.08 bits per heavy atom. The van der Waals surface area contributed by atoms with Crippen molar-refractivity contribution in [1.29, 1.82) is 0 Å². The van der Waals surface area contributed by atoms with E-state index in [2.05, 4.69) is 66.7 Å². The highest BCUT2D eigenvalue weighted by Crippen LogP contribution is 2.36. The first-order chi connectivity index (χ1) is 11.4. The molecule has 1 aliphatic rings. The first kappa shape index (κ1) is 15.5. The van der Waals surface area contributed by atoms with Crippen LogP contribution in [0, 0.1) is 0 Å². The van der Waals surface area contributed by atoms with Crippen molar-refractivity contribution in [3.8, 4) is 0 Å². The van der Waals surface area contributed by atoms with Gasteiger partial charge < -0.3 is 5.32 Å². The number of aromatic nitrogens is 5. The lowest BCUT2D eigenvalue weighted by Crippen LogP contribution is -2.14. The standard InChI is InChI=1S/C17H22N6S/c1-10(15-20-21-22-23(15)12-6-7-12)18-11-5-8-13-14(9-11)24-16(19-13)17(2,3)4/h5,8-10,12,18H,6-7H2,1-4H3. The van der Waals surface area contributed by atoms with Crippen molar-refractivity contribution in [2.24, 2.45) is 0 Å². The molecule has 0 bridgehead atoms. The van der Waals surface area contributed by atoms with Gasteiger partial charge in [-0.3, -0.25) is 0 Å². The van der Waals surface area contributed by atoms with Gasteiger partial charge in [0, 0.05) is 11.1 Å². The Morgan fingerprint density at radius 3 is 2.79 bits per heavy atom. The van der Waals surface area contributed by atoms with E-state index in [4.69, 9.17) is 4.98 Å². The van der Waals surface area contributed by atoms with Crippen molar-refractivity contribution in [2.75, 3.05) is 5.32 Å². The Balaban J connectivity index is 1.58. The zero-order chi connectivity index (χ0) is 16.9. The lowest BCUT2D eigenvalue weighted by atomic mass is 9.98. The van der Waals surface area contributed by atoms with Gasteiger partial charge in [-0.05, 0) is 48.4 Å². The molecule has 1 atom stereocenters. The Kier molecular flexibility index (Phi) is 3.56. The average Bonchev–Trinajstić information content (AvgIpc) is 3.08. The van der Waals surface area contributed by atoms with E-state index >= 15 is 0 Å². The molecular formula is C17H22N6S. The largest absolute Gasteiger partial charge is 0.375 e. The fourth-order valence-corrected chi connectivity index (χ4v) is 3.78. The minimum Gasteiger partial charge on any atom is -0.375 e. The van der Waals surface area contributed by atoms with E-state index in [1.807, 2.05) is 4.68 Å². The molecule has 0 amide bonds. The number of tetrazole rings is 1. The monoisotopic (exact) mass is 342 g/mol. The first-order valence-electron chi connectivity index (χ1n) is 8.37. The fraction of sp³-hybridized carbons (Fsp3) is 0.529. The number of anilines is 1. The third kappa shape index (κ3) is 2.88. The van der Waals surface area contributed by atoms with Crippen molar-refractivity contribution < 1.29 is 0 Å². The number of fused-ring (bicyclic) bond motifs is 1. The molecule has 0 spiro atoms. The molecular weight excluding hydrogens is 320 g/mol. The second kappa shape index (κ2) is 5.51. The van der Waals surface area contributed by atoms with Gasteiger partial charge in [0.25, 0.3) is 0 Å². The van der Waals surface area contributed by atoms with Crippen LogP contribution in [0.5, 0.6) is 0 Å². The number of hydrogen-bond donors (Lipinski definition) is 1.